The van der Waals surface area contributed by atoms with Crippen LogP contribution in [0.5, 0.6) is 11.5 Å². The molecule has 0 amide bonds. The Labute approximate surface area is 147 Å². The van der Waals surface area contributed by atoms with Crippen LogP contribution in [0.4, 0.5) is 11.6 Å². The topological polar surface area (TPSA) is 93.6 Å². The molecule has 1 heterocycles. The lowest BCUT2D eigenvalue weighted by Gasteiger charge is -2.14. The van der Waals surface area contributed by atoms with Crippen LogP contribution in [-0.2, 0) is 10.0 Å². The molecule has 1 aromatic heterocycles. The number of anilines is 2. The molecule has 0 unspecified atom stereocenters. The highest BCUT2D eigenvalue weighted by molar-refractivity contribution is 7.92. The molecule has 1 aromatic carbocycles. The van der Waals surface area contributed by atoms with E-state index in [0.717, 1.165) is 0 Å². The van der Waals surface area contributed by atoms with Crippen molar-refractivity contribution in [1.29, 1.82) is 0 Å². The van der Waals surface area contributed by atoms with E-state index in [4.69, 9.17) is 9.47 Å². The summed E-state index contributed by atoms with van der Waals surface area (Å²) in [5.41, 5.74) is 0.259. The maximum absolute atomic E-state index is 12.8. The zero-order chi connectivity index (χ0) is 18.4. The molecule has 8 nitrogen and oxygen atoms in total. The van der Waals surface area contributed by atoms with E-state index in [1.165, 1.54) is 18.5 Å². The highest BCUT2D eigenvalue weighted by Gasteiger charge is 2.21. The number of rotatable bonds is 8. The number of aromatic nitrogens is 2. The second kappa shape index (κ2) is 8.02. The lowest BCUT2D eigenvalue weighted by Crippen LogP contribution is -2.16. The quantitative estimate of drug-likeness (QED) is 0.765. The van der Waals surface area contributed by atoms with Crippen LogP contribution in [0.3, 0.4) is 0 Å². The Morgan fingerprint density at radius 3 is 2.28 bits per heavy atom. The zero-order valence-corrected chi connectivity index (χ0v) is 15.5. The van der Waals surface area contributed by atoms with Gasteiger partial charge in [-0.05, 0) is 26.0 Å². The lowest BCUT2D eigenvalue weighted by molar-refractivity contribution is 0.322. The molecule has 2 aromatic rings. The van der Waals surface area contributed by atoms with E-state index in [2.05, 4.69) is 14.7 Å². The van der Waals surface area contributed by atoms with Crippen LogP contribution in [0.25, 0.3) is 0 Å². The van der Waals surface area contributed by atoms with Gasteiger partial charge in [0.2, 0.25) is 5.95 Å². The smallest absolute Gasteiger partial charge is 0.265 e. The van der Waals surface area contributed by atoms with Gasteiger partial charge in [-0.15, -0.1) is 0 Å². The number of benzene rings is 1. The van der Waals surface area contributed by atoms with Crippen molar-refractivity contribution in [2.45, 2.75) is 18.7 Å². The van der Waals surface area contributed by atoms with E-state index in [1.807, 2.05) is 6.92 Å². The fourth-order valence-corrected chi connectivity index (χ4v) is 3.23. The summed E-state index contributed by atoms with van der Waals surface area (Å²) in [7, 11) is -0.292. The van der Waals surface area contributed by atoms with Crippen molar-refractivity contribution < 1.29 is 17.9 Å². The number of hydrogen-bond donors (Lipinski definition) is 1. The molecule has 0 saturated heterocycles. The normalized spacial score (nSPS) is 11.0. The second-order valence-corrected chi connectivity index (χ2v) is 6.90. The third-order valence-electron chi connectivity index (χ3n) is 3.11. The molecular formula is C16H22N4O4S. The van der Waals surface area contributed by atoms with Crippen molar-refractivity contribution in [3.63, 3.8) is 0 Å². The molecule has 136 valence electrons. The van der Waals surface area contributed by atoms with E-state index in [-0.39, 0.29) is 16.3 Å². The van der Waals surface area contributed by atoms with Gasteiger partial charge in [0.1, 0.15) is 16.4 Å². The Hall–Kier alpha value is -2.55. The molecule has 0 bridgehead atoms. The third-order valence-corrected chi connectivity index (χ3v) is 4.51. The number of nitrogens with zero attached hydrogens (tertiary/aromatic N) is 3. The van der Waals surface area contributed by atoms with Gasteiger partial charge in [-0.25, -0.2) is 18.4 Å². The van der Waals surface area contributed by atoms with Crippen LogP contribution < -0.4 is 19.1 Å². The summed E-state index contributed by atoms with van der Waals surface area (Å²) in [6.07, 6.45) is 2.82. The van der Waals surface area contributed by atoms with E-state index < -0.39 is 10.0 Å². The summed E-state index contributed by atoms with van der Waals surface area (Å²) in [5, 5.41) is 0. The molecular weight excluding hydrogens is 344 g/mol. The largest absolute Gasteiger partial charge is 0.494 e. The monoisotopic (exact) mass is 366 g/mol. The van der Waals surface area contributed by atoms with E-state index >= 15 is 0 Å². The van der Waals surface area contributed by atoms with Crippen LogP contribution in [0.15, 0.2) is 35.5 Å². The molecule has 1 N–H and O–H groups in total. The predicted octanol–water partition coefficient (Wildman–Crippen LogP) is 2.14. The summed E-state index contributed by atoms with van der Waals surface area (Å²) in [6.45, 7) is 4.39. The fourth-order valence-electron chi connectivity index (χ4n) is 2.04. The average Bonchev–Trinajstić information content (AvgIpc) is 2.57. The van der Waals surface area contributed by atoms with Crippen molar-refractivity contribution in [2.24, 2.45) is 0 Å². The van der Waals surface area contributed by atoms with E-state index in [9.17, 15) is 8.42 Å². The minimum absolute atomic E-state index is 0.00279. The van der Waals surface area contributed by atoms with Crippen molar-refractivity contribution in [2.75, 3.05) is 36.9 Å². The standard InChI is InChI=1S/C16H22N4O4S/c1-5-23-13-7-8-14(24-6-2)15(9-13)25(21,22)19-12-10-17-16(18-11-12)20(3)4/h7-11,19H,5-6H2,1-4H3. The van der Waals surface area contributed by atoms with Gasteiger partial charge >= 0.3 is 0 Å². The molecule has 0 saturated carbocycles. The number of sulfonamides is 1. The minimum Gasteiger partial charge on any atom is -0.494 e. The molecule has 25 heavy (non-hydrogen) atoms. The summed E-state index contributed by atoms with van der Waals surface area (Å²) in [5.74, 6) is 1.19. The molecule has 0 fully saturated rings. The van der Waals surface area contributed by atoms with E-state index in [0.29, 0.717) is 24.9 Å². The Kier molecular flexibility index (Phi) is 6.02. The molecule has 0 radical (unpaired) electrons. The van der Waals surface area contributed by atoms with Gasteiger partial charge < -0.3 is 14.4 Å². The first-order chi connectivity index (χ1) is 11.9. The Morgan fingerprint density at radius 1 is 1.08 bits per heavy atom. The first-order valence-corrected chi connectivity index (χ1v) is 9.27. The average molecular weight is 366 g/mol. The second-order valence-electron chi connectivity index (χ2n) is 5.25. The summed E-state index contributed by atoms with van der Waals surface area (Å²) >= 11 is 0. The molecule has 0 spiro atoms. The van der Waals surface area contributed by atoms with Crippen molar-refractivity contribution in [3.05, 3.63) is 30.6 Å². The van der Waals surface area contributed by atoms with Crippen LogP contribution in [0.2, 0.25) is 0 Å². The molecule has 0 aliphatic rings. The Morgan fingerprint density at radius 2 is 1.72 bits per heavy atom. The molecule has 0 aliphatic carbocycles. The van der Waals surface area contributed by atoms with Crippen molar-refractivity contribution in [1.82, 2.24) is 9.97 Å². The molecule has 2 rings (SSSR count). The van der Waals surface area contributed by atoms with Gasteiger partial charge in [-0.1, -0.05) is 0 Å². The maximum Gasteiger partial charge on any atom is 0.265 e. The number of nitrogens with one attached hydrogen (secondary N) is 1. The summed E-state index contributed by atoms with van der Waals surface area (Å²) < 4.78 is 38.8. The zero-order valence-electron chi connectivity index (χ0n) is 14.7. The number of hydrogen-bond acceptors (Lipinski definition) is 7. The van der Waals surface area contributed by atoms with Crippen LogP contribution in [0.1, 0.15) is 13.8 Å². The van der Waals surface area contributed by atoms with Crippen LogP contribution >= 0.6 is 0 Å². The van der Waals surface area contributed by atoms with Crippen LogP contribution in [-0.4, -0.2) is 45.7 Å². The van der Waals surface area contributed by atoms with Gasteiger partial charge in [0.05, 0.1) is 31.3 Å². The first-order valence-electron chi connectivity index (χ1n) is 7.79. The minimum atomic E-state index is -3.89. The van der Waals surface area contributed by atoms with Gasteiger partial charge in [0.25, 0.3) is 10.0 Å². The maximum atomic E-state index is 12.8. The molecule has 0 aliphatic heterocycles. The fraction of sp³-hybridized carbons (Fsp3) is 0.375. The number of ether oxygens (including phenoxy) is 2. The Bertz CT molecular complexity index is 807. The highest BCUT2D eigenvalue weighted by Crippen LogP contribution is 2.30. The van der Waals surface area contributed by atoms with Crippen molar-refractivity contribution in [3.8, 4) is 11.5 Å². The summed E-state index contributed by atoms with van der Waals surface area (Å²) in [4.78, 5) is 9.90. The predicted molar refractivity (Wildman–Crippen MR) is 95.9 cm³/mol. The van der Waals surface area contributed by atoms with Gasteiger partial charge in [0.15, 0.2) is 0 Å². The lowest BCUT2D eigenvalue weighted by atomic mass is 10.3. The highest BCUT2D eigenvalue weighted by atomic mass is 32.2. The summed E-state index contributed by atoms with van der Waals surface area (Å²) in [6, 6.07) is 4.68. The van der Waals surface area contributed by atoms with Gasteiger partial charge in [0, 0.05) is 20.2 Å². The SMILES string of the molecule is CCOc1ccc(OCC)c(S(=O)(=O)Nc2cnc(N(C)C)nc2)c1. The Balaban J connectivity index is 2.35. The first kappa shape index (κ1) is 18.8. The third kappa shape index (κ3) is 4.72. The van der Waals surface area contributed by atoms with Crippen molar-refractivity contribution >= 4 is 21.7 Å². The van der Waals surface area contributed by atoms with E-state index in [1.54, 1.807) is 38.1 Å². The molecule has 9 heteroatoms. The van der Waals surface area contributed by atoms with Crippen LogP contribution in [0, 0.1) is 0 Å². The molecule has 0 atom stereocenters. The van der Waals surface area contributed by atoms with Gasteiger partial charge in [-0.2, -0.15) is 0 Å². The van der Waals surface area contributed by atoms with Gasteiger partial charge in [-0.3, -0.25) is 4.72 Å².